The monoisotopic (exact) mass is 275 g/mol. The van der Waals surface area contributed by atoms with E-state index in [4.69, 9.17) is 0 Å². The van der Waals surface area contributed by atoms with E-state index in [0.29, 0.717) is 18.2 Å². The van der Waals surface area contributed by atoms with Crippen molar-refractivity contribution < 1.29 is 9.59 Å². The smallest absolute Gasteiger partial charge is 0.255 e. The standard InChI is InChI=1S/C15H21N3O2/c1-11(19)18(13-4-5-13)10-14-3-2-8-17(14)15(20)12-6-7-16-9-12/h6-7,9,13-14,16H,2-5,8,10H2,1H3/t14-/m1/s1. The third-order valence-electron chi connectivity index (χ3n) is 4.28. The largest absolute Gasteiger partial charge is 0.367 e. The lowest BCUT2D eigenvalue weighted by Gasteiger charge is -2.30. The molecule has 0 unspecified atom stereocenters. The Kier molecular flexibility index (Phi) is 3.51. The molecule has 5 nitrogen and oxygen atoms in total. The summed E-state index contributed by atoms with van der Waals surface area (Å²) >= 11 is 0. The van der Waals surface area contributed by atoms with Gasteiger partial charge in [0.15, 0.2) is 0 Å². The number of amides is 2. The lowest BCUT2D eigenvalue weighted by Crippen LogP contribution is -2.45. The van der Waals surface area contributed by atoms with E-state index in [0.717, 1.165) is 32.2 Å². The average Bonchev–Trinajstić information content (AvgIpc) is 2.95. The highest BCUT2D eigenvalue weighted by Crippen LogP contribution is 2.29. The predicted molar refractivity (Wildman–Crippen MR) is 75.3 cm³/mol. The summed E-state index contributed by atoms with van der Waals surface area (Å²) < 4.78 is 0. The van der Waals surface area contributed by atoms with E-state index >= 15 is 0 Å². The van der Waals surface area contributed by atoms with Crippen molar-refractivity contribution in [2.24, 2.45) is 0 Å². The van der Waals surface area contributed by atoms with Crippen LogP contribution in [0, 0.1) is 0 Å². The number of carbonyl (C=O) groups is 2. The number of nitrogens with zero attached hydrogens (tertiary/aromatic N) is 2. The van der Waals surface area contributed by atoms with Crippen LogP contribution in [-0.2, 0) is 4.79 Å². The summed E-state index contributed by atoms with van der Waals surface area (Å²) in [5.41, 5.74) is 0.706. The number of H-pyrrole nitrogens is 1. The van der Waals surface area contributed by atoms with E-state index in [1.54, 1.807) is 25.4 Å². The van der Waals surface area contributed by atoms with Gasteiger partial charge >= 0.3 is 0 Å². The second kappa shape index (κ2) is 5.31. The van der Waals surface area contributed by atoms with Crippen LogP contribution >= 0.6 is 0 Å². The van der Waals surface area contributed by atoms with Gasteiger partial charge < -0.3 is 14.8 Å². The number of aromatic amines is 1. The van der Waals surface area contributed by atoms with E-state index in [9.17, 15) is 9.59 Å². The van der Waals surface area contributed by atoms with Gasteiger partial charge in [-0.3, -0.25) is 9.59 Å². The van der Waals surface area contributed by atoms with Crippen molar-refractivity contribution in [2.45, 2.75) is 44.7 Å². The summed E-state index contributed by atoms with van der Waals surface area (Å²) in [6.45, 7) is 3.12. The Morgan fingerprint density at radius 2 is 2.20 bits per heavy atom. The zero-order chi connectivity index (χ0) is 14.1. The van der Waals surface area contributed by atoms with Gasteiger partial charge in [0.2, 0.25) is 5.91 Å². The zero-order valence-corrected chi connectivity index (χ0v) is 11.8. The Balaban J connectivity index is 1.69. The molecule has 3 rings (SSSR count). The molecule has 1 atom stereocenters. The van der Waals surface area contributed by atoms with Crippen LogP contribution in [0.4, 0.5) is 0 Å². The third-order valence-corrected chi connectivity index (χ3v) is 4.28. The van der Waals surface area contributed by atoms with E-state index in [-0.39, 0.29) is 17.9 Å². The minimum atomic E-state index is 0.0769. The zero-order valence-electron chi connectivity index (χ0n) is 11.8. The van der Waals surface area contributed by atoms with Crippen LogP contribution < -0.4 is 0 Å². The molecule has 2 fully saturated rings. The molecule has 1 aliphatic heterocycles. The molecule has 5 heteroatoms. The van der Waals surface area contributed by atoms with E-state index in [1.165, 1.54) is 0 Å². The summed E-state index contributed by atoms with van der Waals surface area (Å²) in [4.78, 5) is 31.0. The maximum atomic E-state index is 12.5. The number of likely N-dealkylation sites (tertiary alicyclic amines) is 1. The van der Waals surface area contributed by atoms with Crippen molar-refractivity contribution in [3.8, 4) is 0 Å². The van der Waals surface area contributed by atoms with Gasteiger partial charge in [0.05, 0.1) is 5.56 Å². The van der Waals surface area contributed by atoms with Gasteiger partial charge in [-0.2, -0.15) is 0 Å². The Morgan fingerprint density at radius 1 is 1.40 bits per heavy atom. The second-order valence-electron chi connectivity index (χ2n) is 5.80. The lowest BCUT2D eigenvalue weighted by atomic mass is 10.2. The number of carbonyl (C=O) groups excluding carboxylic acids is 2. The minimum absolute atomic E-state index is 0.0769. The van der Waals surface area contributed by atoms with Crippen LogP contribution in [0.15, 0.2) is 18.5 Å². The van der Waals surface area contributed by atoms with Crippen LogP contribution in [0.2, 0.25) is 0 Å². The first-order chi connectivity index (χ1) is 9.66. The highest BCUT2D eigenvalue weighted by Gasteiger charge is 2.36. The van der Waals surface area contributed by atoms with Crippen LogP contribution in [0.5, 0.6) is 0 Å². The lowest BCUT2D eigenvalue weighted by molar-refractivity contribution is -0.130. The number of hydrogen-bond acceptors (Lipinski definition) is 2. The van der Waals surface area contributed by atoms with Gasteiger partial charge in [-0.25, -0.2) is 0 Å². The summed E-state index contributed by atoms with van der Waals surface area (Å²) in [5, 5.41) is 0. The highest BCUT2D eigenvalue weighted by atomic mass is 16.2. The van der Waals surface area contributed by atoms with E-state index < -0.39 is 0 Å². The fraction of sp³-hybridized carbons (Fsp3) is 0.600. The topological polar surface area (TPSA) is 56.4 Å². The minimum Gasteiger partial charge on any atom is -0.367 e. The molecule has 0 aromatic carbocycles. The molecule has 1 aromatic rings. The molecule has 0 radical (unpaired) electrons. The van der Waals surface area contributed by atoms with Gasteiger partial charge in [-0.05, 0) is 31.7 Å². The van der Waals surface area contributed by atoms with Crippen molar-refractivity contribution in [3.05, 3.63) is 24.0 Å². The Labute approximate surface area is 118 Å². The Morgan fingerprint density at radius 3 is 2.80 bits per heavy atom. The molecule has 0 spiro atoms. The molecule has 1 aliphatic carbocycles. The molecule has 0 bridgehead atoms. The van der Waals surface area contributed by atoms with E-state index in [1.807, 2.05) is 9.80 Å². The Bertz CT molecular complexity index is 493. The SMILES string of the molecule is CC(=O)N(C[C@H]1CCCN1C(=O)c1cc[nH]c1)C1CC1. The molecular weight excluding hydrogens is 254 g/mol. The van der Waals surface area contributed by atoms with Gasteiger partial charge in [0.1, 0.15) is 0 Å². The summed E-state index contributed by atoms with van der Waals surface area (Å²) in [5.74, 6) is 0.210. The average molecular weight is 275 g/mol. The van der Waals surface area contributed by atoms with Crippen LogP contribution in [0.3, 0.4) is 0 Å². The molecular formula is C15H21N3O2. The summed E-state index contributed by atoms with van der Waals surface area (Å²) in [6, 6.07) is 2.39. The number of hydrogen-bond donors (Lipinski definition) is 1. The van der Waals surface area contributed by atoms with Crippen molar-refractivity contribution >= 4 is 11.8 Å². The number of rotatable bonds is 4. The summed E-state index contributed by atoms with van der Waals surface area (Å²) in [6.07, 6.45) is 7.74. The molecule has 1 aromatic heterocycles. The van der Waals surface area contributed by atoms with Crippen molar-refractivity contribution in [2.75, 3.05) is 13.1 Å². The van der Waals surface area contributed by atoms with Gasteiger partial charge in [0.25, 0.3) is 5.91 Å². The first-order valence-corrected chi connectivity index (χ1v) is 7.38. The molecule has 1 saturated carbocycles. The molecule has 108 valence electrons. The van der Waals surface area contributed by atoms with Crippen LogP contribution in [0.1, 0.15) is 43.0 Å². The maximum absolute atomic E-state index is 12.5. The van der Waals surface area contributed by atoms with Crippen molar-refractivity contribution in [1.82, 2.24) is 14.8 Å². The molecule has 1 saturated heterocycles. The quantitative estimate of drug-likeness (QED) is 0.908. The molecule has 1 N–H and O–H groups in total. The molecule has 2 heterocycles. The Hall–Kier alpha value is -1.78. The second-order valence-corrected chi connectivity index (χ2v) is 5.80. The normalized spacial score (nSPS) is 22.1. The first kappa shape index (κ1) is 13.2. The molecule has 2 amide bonds. The maximum Gasteiger partial charge on any atom is 0.255 e. The number of nitrogens with one attached hydrogen (secondary N) is 1. The fourth-order valence-corrected chi connectivity index (χ4v) is 3.06. The first-order valence-electron chi connectivity index (χ1n) is 7.38. The number of aromatic nitrogens is 1. The van der Waals surface area contributed by atoms with Crippen molar-refractivity contribution in [3.63, 3.8) is 0 Å². The molecule has 2 aliphatic rings. The summed E-state index contributed by atoms with van der Waals surface area (Å²) in [7, 11) is 0. The highest BCUT2D eigenvalue weighted by molar-refractivity contribution is 5.94. The van der Waals surface area contributed by atoms with Crippen LogP contribution in [-0.4, -0.2) is 51.8 Å². The predicted octanol–water partition coefficient (Wildman–Crippen LogP) is 1.63. The molecule has 20 heavy (non-hydrogen) atoms. The fourth-order valence-electron chi connectivity index (χ4n) is 3.06. The third kappa shape index (κ3) is 2.57. The van der Waals surface area contributed by atoms with Gasteiger partial charge in [0, 0.05) is 44.5 Å². The van der Waals surface area contributed by atoms with Crippen LogP contribution in [0.25, 0.3) is 0 Å². The van der Waals surface area contributed by atoms with Crippen molar-refractivity contribution in [1.29, 1.82) is 0 Å². The van der Waals surface area contributed by atoms with Gasteiger partial charge in [-0.15, -0.1) is 0 Å². The van der Waals surface area contributed by atoms with Gasteiger partial charge in [-0.1, -0.05) is 0 Å². The van der Waals surface area contributed by atoms with E-state index in [2.05, 4.69) is 4.98 Å².